The summed E-state index contributed by atoms with van der Waals surface area (Å²) in [6, 6.07) is 8.34. The maximum Gasteiger partial charge on any atom is 0.414 e. The third-order valence-corrected chi connectivity index (χ3v) is 3.88. The van der Waals surface area contributed by atoms with Crippen LogP contribution >= 0.6 is 0 Å². The van der Waals surface area contributed by atoms with E-state index in [0.717, 1.165) is 32.0 Å². The summed E-state index contributed by atoms with van der Waals surface area (Å²) in [6.45, 7) is 12.4. The van der Waals surface area contributed by atoms with E-state index in [0.29, 0.717) is 18.1 Å². The highest BCUT2D eigenvalue weighted by molar-refractivity contribution is 6.27. The minimum atomic E-state index is -1.82. The molecule has 0 aliphatic carbocycles. The van der Waals surface area contributed by atoms with Gasteiger partial charge in [0, 0.05) is 19.6 Å². The van der Waals surface area contributed by atoms with Crippen LogP contribution in [0.5, 0.6) is 5.75 Å². The van der Waals surface area contributed by atoms with Crippen LogP contribution in [0.3, 0.4) is 0 Å². The first kappa shape index (κ1) is 21.9. The molecule has 1 aromatic rings. The van der Waals surface area contributed by atoms with Gasteiger partial charge in [-0.1, -0.05) is 32.0 Å². The molecule has 146 valence electrons. The lowest BCUT2D eigenvalue weighted by Crippen LogP contribution is -2.46. The Kier molecular flexibility index (Phi) is 9.09. The van der Waals surface area contributed by atoms with E-state index in [-0.39, 0.29) is 0 Å². The molecule has 7 heteroatoms. The molecule has 7 nitrogen and oxygen atoms in total. The van der Waals surface area contributed by atoms with Gasteiger partial charge in [0.2, 0.25) is 0 Å². The number of morpholine rings is 1. The fraction of sp³-hybridized carbons (Fsp3) is 0.579. The SMILES string of the molecule is CC1CN(CCOc2ccccc2C(C)C)CC(C)O1.O=C(O)C(=O)O. The van der Waals surface area contributed by atoms with Crippen LogP contribution in [0.25, 0.3) is 0 Å². The lowest BCUT2D eigenvalue weighted by molar-refractivity contribution is -0.159. The fourth-order valence-electron chi connectivity index (χ4n) is 2.84. The summed E-state index contributed by atoms with van der Waals surface area (Å²) in [5, 5.41) is 14.8. The summed E-state index contributed by atoms with van der Waals surface area (Å²) in [7, 11) is 0. The highest BCUT2D eigenvalue weighted by Crippen LogP contribution is 2.25. The first-order chi connectivity index (χ1) is 12.2. The Morgan fingerprint density at radius 3 is 2.19 bits per heavy atom. The van der Waals surface area contributed by atoms with Crippen molar-refractivity contribution in [3.8, 4) is 5.75 Å². The number of nitrogens with zero attached hydrogens (tertiary/aromatic N) is 1. The molecule has 1 heterocycles. The number of benzene rings is 1. The third-order valence-electron chi connectivity index (χ3n) is 3.88. The van der Waals surface area contributed by atoms with Crippen LogP contribution in [-0.4, -0.2) is 65.5 Å². The number of carboxylic acids is 2. The smallest absolute Gasteiger partial charge is 0.414 e. The second-order valence-corrected chi connectivity index (χ2v) is 6.67. The van der Waals surface area contributed by atoms with Crippen LogP contribution in [0.1, 0.15) is 39.2 Å². The summed E-state index contributed by atoms with van der Waals surface area (Å²) in [5.41, 5.74) is 1.29. The quantitative estimate of drug-likeness (QED) is 0.772. The van der Waals surface area contributed by atoms with Crippen LogP contribution in [0.15, 0.2) is 24.3 Å². The zero-order chi connectivity index (χ0) is 19.7. The molecule has 2 atom stereocenters. The third kappa shape index (κ3) is 7.84. The highest BCUT2D eigenvalue weighted by atomic mass is 16.5. The van der Waals surface area contributed by atoms with Gasteiger partial charge in [0.25, 0.3) is 0 Å². The van der Waals surface area contributed by atoms with Crippen LogP contribution < -0.4 is 4.74 Å². The maximum absolute atomic E-state index is 9.10. The lowest BCUT2D eigenvalue weighted by atomic mass is 10.0. The molecule has 1 aliphatic heterocycles. The summed E-state index contributed by atoms with van der Waals surface area (Å²) >= 11 is 0. The average molecular weight is 367 g/mol. The first-order valence-electron chi connectivity index (χ1n) is 8.76. The molecule has 2 N–H and O–H groups in total. The molecule has 1 aromatic carbocycles. The zero-order valence-corrected chi connectivity index (χ0v) is 15.8. The molecule has 0 amide bonds. The normalized spacial score (nSPS) is 20.2. The Morgan fingerprint density at radius 2 is 1.69 bits per heavy atom. The number of para-hydroxylation sites is 1. The van der Waals surface area contributed by atoms with Gasteiger partial charge in [-0.15, -0.1) is 0 Å². The minimum absolute atomic E-state index is 0.321. The van der Waals surface area contributed by atoms with E-state index in [2.05, 4.69) is 50.8 Å². The largest absolute Gasteiger partial charge is 0.492 e. The summed E-state index contributed by atoms with van der Waals surface area (Å²) < 4.78 is 11.7. The average Bonchev–Trinajstić information content (AvgIpc) is 2.54. The van der Waals surface area contributed by atoms with Gasteiger partial charge in [-0.3, -0.25) is 4.90 Å². The summed E-state index contributed by atoms with van der Waals surface area (Å²) in [5.74, 6) is -2.13. The van der Waals surface area contributed by atoms with Crippen molar-refractivity contribution in [1.82, 2.24) is 4.90 Å². The van der Waals surface area contributed by atoms with E-state index in [1.54, 1.807) is 0 Å². The van der Waals surface area contributed by atoms with Gasteiger partial charge in [0.05, 0.1) is 12.2 Å². The standard InChI is InChI=1S/C17H27NO2.C2H2O4/c1-13(2)16-7-5-6-8-17(16)19-10-9-18-11-14(3)20-15(4)12-18;3-1(4)2(5)6/h5-8,13-15H,9-12H2,1-4H3;(H,3,4)(H,5,6). The van der Waals surface area contributed by atoms with Crippen molar-refractivity contribution in [2.24, 2.45) is 0 Å². The Labute approximate surface area is 154 Å². The van der Waals surface area contributed by atoms with E-state index in [9.17, 15) is 0 Å². The van der Waals surface area contributed by atoms with E-state index >= 15 is 0 Å². The second-order valence-electron chi connectivity index (χ2n) is 6.67. The summed E-state index contributed by atoms with van der Waals surface area (Å²) in [6.07, 6.45) is 0.642. The molecular weight excluding hydrogens is 338 g/mol. The number of hydrogen-bond donors (Lipinski definition) is 2. The molecular formula is C19H29NO6. The van der Waals surface area contributed by atoms with Crippen LogP contribution in [0.2, 0.25) is 0 Å². The van der Waals surface area contributed by atoms with Crippen LogP contribution in [0.4, 0.5) is 0 Å². The molecule has 1 fully saturated rings. The molecule has 2 rings (SSSR count). The summed E-state index contributed by atoms with van der Waals surface area (Å²) in [4.78, 5) is 20.6. The zero-order valence-electron chi connectivity index (χ0n) is 15.8. The van der Waals surface area contributed by atoms with Crippen molar-refractivity contribution in [3.63, 3.8) is 0 Å². The van der Waals surface area contributed by atoms with Gasteiger partial charge in [0.15, 0.2) is 0 Å². The predicted molar refractivity (Wildman–Crippen MR) is 97.7 cm³/mol. The van der Waals surface area contributed by atoms with Crippen molar-refractivity contribution >= 4 is 11.9 Å². The molecule has 1 saturated heterocycles. The molecule has 0 saturated carbocycles. The Bertz CT molecular complexity index is 567. The van der Waals surface area contributed by atoms with Gasteiger partial charge in [-0.25, -0.2) is 9.59 Å². The molecule has 1 aliphatic rings. The number of rotatable bonds is 5. The number of ether oxygens (including phenoxy) is 2. The van der Waals surface area contributed by atoms with E-state index in [1.807, 2.05) is 6.07 Å². The Balaban J connectivity index is 0.000000487. The molecule has 2 unspecified atom stereocenters. The van der Waals surface area contributed by atoms with Crippen molar-refractivity contribution < 1.29 is 29.3 Å². The molecule has 0 radical (unpaired) electrons. The number of carbonyl (C=O) groups is 2. The molecule has 26 heavy (non-hydrogen) atoms. The highest BCUT2D eigenvalue weighted by Gasteiger charge is 2.21. The molecule has 0 spiro atoms. The van der Waals surface area contributed by atoms with Crippen LogP contribution in [0, 0.1) is 0 Å². The Morgan fingerprint density at radius 1 is 1.15 bits per heavy atom. The fourth-order valence-corrected chi connectivity index (χ4v) is 2.84. The van der Waals surface area contributed by atoms with Crippen molar-refractivity contribution in [2.45, 2.75) is 45.8 Å². The van der Waals surface area contributed by atoms with Gasteiger partial charge in [-0.2, -0.15) is 0 Å². The van der Waals surface area contributed by atoms with Gasteiger partial charge >= 0.3 is 11.9 Å². The van der Waals surface area contributed by atoms with E-state index in [4.69, 9.17) is 29.3 Å². The van der Waals surface area contributed by atoms with Crippen LogP contribution in [-0.2, 0) is 14.3 Å². The lowest BCUT2D eigenvalue weighted by Gasteiger charge is -2.35. The predicted octanol–water partition coefficient (Wildman–Crippen LogP) is 2.45. The maximum atomic E-state index is 9.10. The van der Waals surface area contributed by atoms with Gasteiger partial charge < -0.3 is 19.7 Å². The van der Waals surface area contributed by atoms with E-state index in [1.165, 1.54) is 5.56 Å². The van der Waals surface area contributed by atoms with Crippen molar-refractivity contribution in [2.75, 3.05) is 26.2 Å². The molecule has 0 bridgehead atoms. The number of carboxylic acid groups (broad SMARTS) is 2. The minimum Gasteiger partial charge on any atom is -0.492 e. The first-order valence-corrected chi connectivity index (χ1v) is 8.76. The van der Waals surface area contributed by atoms with E-state index < -0.39 is 11.9 Å². The van der Waals surface area contributed by atoms with Crippen molar-refractivity contribution in [1.29, 1.82) is 0 Å². The number of aliphatic carboxylic acids is 2. The molecule has 0 aromatic heterocycles. The monoisotopic (exact) mass is 367 g/mol. The number of hydrogen-bond acceptors (Lipinski definition) is 5. The van der Waals surface area contributed by atoms with Crippen molar-refractivity contribution in [3.05, 3.63) is 29.8 Å². The van der Waals surface area contributed by atoms with Gasteiger partial charge in [0.1, 0.15) is 12.4 Å². The van der Waals surface area contributed by atoms with Gasteiger partial charge in [-0.05, 0) is 31.4 Å². The second kappa shape index (κ2) is 10.8. The Hall–Kier alpha value is -2.12. The topological polar surface area (TPSA) is 96.3 Å².